The minimum absolute atomic E-state index is 0.294. The molecule has 2 atom stereocenters. The SMILES string of the molecule is N/C(CN1CCC2COCC2C1)=N\O. The van der Waals surface area contributed by atoms with Gasteiger partial charge in [0.25, 0.3) is 0 Å². The Kier molecular flexibility index (Phi) is 2.88. The Morgan fingerprint density at radius 2 is 2.29 bits per heavy atom. The van der Waals surface area contributed by atoms with E-state index in [1.165, 1.54) is 6.42 Å². The number of hydrogen-bond acceptors (Lipinski definition) is 4. The smallest absolute Gasteiger partial charge is 0.153 e. The zero-order chi connectivity index (χ0) is 9.97. The molecule has 0 aromatic heterocycles. The van der Waals surface area contributed by atoms with Crippen molar-refractivity contribution >= 4 is 5.84 Å². The number of oxime groups is 1. The van der Waals surface area contributed by atoms with Crippen LogP contribution in [-0.4, -0.2) is 48.8 Å². The van der Waals surface area contributed by atoms with Crippen molar-refractivity contribution < 1.29 is 9.94 Å². The second-order valence-corrected chi connectivity index (χ2v) is 4.17. The van der Waals surface area contributed by atoms with Crippen LogP contribution < -0.4 is 5.73 Å². The Bertz CT molecular complexity index is 232. The molecule has 2 rings (SSSR count). The normalized spacial score (nSPS) is 34.4. The van der Waals surface area contributed by atoms with Crippen molar-refractivity contribution in [3.63, 3.8) is 0 Å². The molecule has 0 radical (unpaired) electrons. The van der Waals surface area contributed by atoms with E-state index in [2.05, 4.69) is 10.1 Å². The molecule has 5 heteroatoms. The molecule has 0 aromatic carbocycles. The summed E-state index contributed by atoms with van der Waals surface area (Å²) in [5.41, 5.74) is 5.47. The fraction of sp³-hybridized carbons (Fsp3) is 0.889. The lowest BCUT2D eigenvalue weighted by Crippen LogP contribution is -2.43. The van der Waals surface area contributed by atoms with Crippen LogP contribution in [-0.2, 0) is 4.74 Å². The van der Waals surface area contributed by atoms with Crippen LogP contribution in [0, 0.1) is 11.8 Å². The largest absolute Gasteiger partial charge is 0.409 e. The van der Waals surface area contributed by atoms with Gasteiger partial charge in [0.05, 0.1) is 13.2 Å². The van der Waals surface area contributed by atoms with Gasteiger partial charge in [-0.3, -0.25) is 4.90 Å². The van der Waals surface area contributed by atoms with Gasteiger partial charge in [-0.15, -0.1) is 0 Å². The lowest BCUT2D eigenvalue weighted by atomic mass is 9.89. The Morgan fingerprint density at radius 3 is 3.07 bits per heavy atom. The average molecular weight is 199 g/mol. The molecule has 80 valence electrons. The maximum Gasteiger partial charge on any atom is 0.153 e. The second kappa shape index (κ2) is 4.14. The Labute approximate surface area is 83.5 Å². The fourth-order valence-corrected chi connectivity index (χ4v) is 2.34. The van der Waals surface area contributed by atoms with Crippen LogP contribution in [0.3, 0.4) is 0 Å². The van der Waals surface area contributed by atoms with E-state index in [9.17, 15) is 0 Å². The number of likely N-dealkylation sites (tertiary alicyclic amines) is 1. The van der Waals surface area contributed by atoms with Crippen LogP contribution in [0.25, 0.3) is 0 Å². The van der Waals surface area contributed by atoms with Gasteiger partial charge in [-0.2, -0.15) is 0 Å². The molecule has 0 amide bonds. The highest BCUT2D eigenvalue weighted by Gasteiger charge is 2.33. The topological polar surface area (TPSA) is 71.1 Å². The predicted molar refractivity (Wildman–Crippen MR) is 52.3 cm³/mol. The summed E-state index contributed by atoms with van der Waals surface area (Å²) in [6, 6.07) is 0. The number of amidine groups is 1. The van der Waals surface area contributed by atoms with E-state index in [-0.39, 0.29) is 0 Å². The molecule has 2 aliphatic rings. The van der Waals surface area contributed by atoms with Gasteiger partial charge in [-0.1, -0.05) is 5.16 Å². The molecule has 2 fully saturated rings. The summed E-state index contributed by atoms with van der Waals surface area (Å²) in [5.74, 6) is 1.68. The summed E-state index contributed by atoms with van der Waals surface area (Å²) >= 11 is 0. The zero-order valence-corrected chi connectivity index (χ0v) is 8.22. The predicted octanol–water partition coefficient (Wildman–Crippen LogP) is -0.299. The van der Waals surface area contributed by atoms with E-state index >= 15 is 0 Å². The molecule has 5 nitrogen and oxygen atoms in total. The number of nitrogens with two attached hydrogens (primary N) is 1. The molecular formula is C9H17N3O2. The average Bonchev–Trinajstić information content (AvgIpc) is 2.64. The first-order valence-corrected chi connectivity index (χ1v) is 5.06. The van der Waals surface area contributed by atoms with Crippen molar-refractivity contribution in [2.75, 3.05) is 32.8 Å². The van der Waals surface area contributed by atoms with Gasteiger partial charge < -0.3 is 15.7 Å². The standard InChI is InChI=1S/C9H17N3O2/c10-9(11-13)4-12-2-1-7-5-14-6-8(7)3-12/h7-8,13H,1-6H2,(H2,10,11). The molecule has 2 unspecified atom stereocenters. The Morgan fingerprint density at radius 1 is 1.50 bits per heavy atom. The molecule has 0 spiro atoms. The number of nitrogens with zero attached hydrogens (tertiary/aromatic N) is 2. The van der Waals surface area contributed by atoms with E-state index in [1.807, 2.05) is 0 Å². The van der Waals surface area contributed by atoms with Crippen LogP contribution in [0.4, 0.5) is 0 Å². The van der Waals surface area contributed by atoms with Crippen molar-refractivity contribution in [3.05, 3.63) is 0 Å². The van der Waals surface area contributed by atoms with E-state index in [0.717, 1.165) is 32.2 Å². The highest BCUT2D eigenvalue weighted by Crippen LogP contribution is 2.28. The van der Waals surface area contributed by atoms with E-state index in [0.29, 0.717) is 18.3 Å². The molecule has 3 N–H and O–H groups in total. The number of fused-ring (bicyclic) bond motifs is 1. The summed E-state index contributed by atoms with van der Waals surface area (Å²) in [7, 11) is 0. The molecule has 2 heterocycles. The lowest BCUT2D eigenvalue weighted by molar-refractivity contribution is 0.162. The maximum absolute atomic E-state index is 8.46. The molecule has 2 aliphatic heterocycles. The molecule has 0 saturated carbocycles. The Balaban J connectivity index is 1.85. The van der Waals surface area contributed by atoms with E-state index in [4.69, 9.17) is 15.7 Å². The third kappa shape index (κ3) is 1.99. The molecule has 0 bridgehead atoms. The third-order valence-corrected chi connectivity index (χ3v) is 3.15. The lowest BCUT2D eigenvalue weighted by Gasteiger charge is -2.33. The van der Waals surface area contributed by atoms with Crippen molar-refractivity contribution in [1.29, 1.82) is 0 Å². The zero-order valence-electron chi connectivity index (χ0n) is 8.22. The van der Waals surface area contributed by atoms with Gasteiger partial charge in [0, 0.05) is 19.1 Å². The number of hydrogen-bond donors (Lipinski definition) is 2. The fourth-order valence-electron chi connectivity index (χ4n) is 2.34. The quantitative estimate of drug-likeness (QED) is 0.277. The van der Waals surface area contributed by atoms with Crippen LogP contribution >= 0.6 is 0 Å². The van der Waals surface area contributed by atoms with Gasteiger partial charge in [0.15, 0.2) is 5.84 Å². The van der Waals surface area contributed by atoms with E-state index in [1.54, 1.807) is 0 Å². The van der Waals surface area contributed by atoms with Gasteiger partial charge in [0.2, 0.25) is 0 Å². The first kappa shape index (κ1) is 9.73. The third-order valence-electron chi connectivity index (χ3n) is 3.15. The summed E-state index contributed by atoms with van der Waals surface area (Å²) in [4.78, 5) is 2.23. The monoisotopic (exact) mass is 199 g/mol. The van der Waals surface area contributed by atoms with Crippen LogP contribution in [0.1, 0.15) is 6.42 Å². The molecule has 0 aromatic rings. The highest BCUT2D eigenvalue weighted by atomic mass is 16.5. The van der Waals surface area contributed by atoms with Crippen molar-refractivity contribution in [2.24, 2.45) is 22.7 Å². The number of ether oxygens (including phenoxy) is 1. The van der Waals surface area contributed by atoms with Gasteiger partial charge in [-0.05, 0) is 18.9 Å². The molecule has 0 aliphatic carbocycles. The molecular weight excluding hydrogens is 182 g/mol. The summed E-state index contributed by atoms with van der Waals surface area (Å²) < 4.78 is 5.43. The number of rotatable bonds is 2. The second-order valence-electron chi connectivity index (χ2n) is 4.17. The van der Waals surface area contributed by atoms with Crippen LogP contribution in [0.15, 0.2) is 5.16 Å². The van der Waals surface area contributed by atoms with E-state index < -0.39 is 0 Å². The summed E-state index contributed by atoms with van der Waals surface area (Å²) in [6.45, 7) is 4.40. The van der Waals surface area contributed by atoms with Gasteiger partial charge >= 0.3 is 0 Å². The van der Waals surface area contributed by atoms with Gasteiger partial charge in [-0.25, -0.2) is 0 Å². The molecule has 14 heavy (non-hydrogen) atoms. The van der Waals surface area contributed by atoms with Gasteiger partial charge in [0.1, 0.15) is 0 Å². The van der Waals surface area contributed by atoms with Crippen molar-refractivity contribution in [3.8, 4) is 0 Å². The minimum Gasteiger partial charge on any atom is -0.409 e. The summed E-state index contributed by atoms with van der Waals surface area (Å²) in [5, 5.41) is 11.5. The van der Waals surface area contributed by atoms with Crippen molar-refractivity contribution in [2.45, 2.75) is 6.42 Å². The minimum atomic E-state index is 0.294. The number of piperidine rings is 1. The first-order valence-electron chi connectivity index (χ1n) is 5.06. The highest BCUT2D eigenvalue weighted by molar-refractivity contribution is 5.81. The summed E-state index contributed by atoms with van der Waals surface area (Å²) in [6.07, 6.45) is 1.17. The Hall–Kier alpha value is -0.810. The van der Waals surface area contributed by atoms with Crippen LogP contribution in [0.2, 0.25) is 0 Å². The molecule has 2 saturated heterocycles. The van der Waals surface area contributed by atoms with Crippen LogP contribution in [0.5, 0.6) is 0 Å². The maximum atomic E-state index is 8.46. The first-order chi connectivity index (χ1) is 6.79. The van der Waals surface area contributed by atoms with Crippen molar-refractivity contribution in [1.82, 2.24) is 4.90 Å².